The van der Waals surface area contributed by atoms with E-state index in [9.17, 15) is 0 Å². The minimum absolute atomic E-state index is 0.485. The predicted octanol–water partition coefficient (Wildman–Crippen LogP) is 4.01. The molecule has 3 aromatic heterocycles. The van der Waals surface area contributed by atoms with Gasteiger partial charge in [-0.3, -0.25) is 0 Å². The van der Waals surface area contributed by atoms with Crippen LogP contribution in [0.15, 0.2) is 66.7 Å². The Morgan fingerprint density at radius 3 is 2.66 bits per heavy atom. The number of ether oxygens (including phenoxy) is 1. The first kappa shape index (κ1) is 17.1. The van der Waals surface area contributed by atoms with Crippen molar-refractivity contribution in [1.29, 1.82) is 0 Å². The van der Waals surface area contributed by atoms with Crippen LogP contribution in [0.1, 0.15) is 11.3 Å². The fraction of sp³-hybridized carbons (Fsp3) is 0.0909. The summed E-state index contributed by atoms with van der Waals surface area (Å²) in [7, 11) is 1.68. The van der Waals surface area contributed by atoms with Gasteiger partial charge in [0.2, 0.25) is 5.82 Å². The highest BCUT2D eigenvalue weighted by molar-refractivity contribution is 5.92. The van der Waals surface area contributed by atoms with Gasteiger partial charge in [0.15, 0.2) is 0 Å². The van der Waals surface area contributed by atoms with Crippen LogP contribution in [0.3, 0.4) is 0 Å². The largest absolute Gasteiger partial charge is 0.497 e. The van der Waals surface area contributed by atoms with E-state index in [-0.39, 0.29) is 0 Å². The van der Waals surface area contributed by atoms with E-state index in [1.165, 1.54) is 5.56 Å². The van der Waals surface area contributed by atoms with E-state index >= 15 is 0 Å². The number of fused-ring (bicyclic) bond motifs is 1. The first-order chi connectivity index (χ1) is 14.3. The predicted molar refractivity (Wildman–Crippen MR) is 111 cm³/mol. The second-order valence-electron chi connectivity index (χ2n) is 6.68. The van der Waals surface area contributed by atoms with Crippen LogP contribution in [0.2, 0.25) is 0 Å². The monoisotopic (exact) mass is 382 g/mol. The number of benzene rings is 2. The maximum absolute atomic E-state index is 5.40. The van der Waals surface area contributed by atoms with Crippen molar-refractivity contribution < 1.29 is 4.74 Å². The molecule has 0 aliphatic rings. The molecular weight excluding hydrogens is 364 g/mol. The zero-order valence-electron chi connectivity index (χ0n) is 15.8. The Morgan fingerprint density at radius 1 is 0.966 bits per heavy atom. The molecule has 0 saturated heterocycles. The van der Waals surface area contributed by atoms with Crippen LogP contribution in [0, 0.1) is 0 Å². The van der Waals surface area contributed by atoms with Gasteiger partial charge >= 0.3 is 0 Å². The van der Waals surface area contributed by atoms with E-state index in [1.807, 2.05) is 48.5 Å². The Balaban J connectivity index is 1.63. The molecule has 2 aromatic carbocycles. The number of hydrogen-bond donors (Lipinski definition) is 2. The van der Waals surface area contributed by atoms with Gasteiger partial charge in [0.25, 0.3) is 0 Å². The summed E-state index contributed by atoms with van der Waals surface area (Å²) < 4.78 is 5.40. The third-order valence-corrected chi connectivity index (χ3v) is 4.91. The van der Waals surface area contributed by atoms with E-state index in [4.69, 9.17) is 9.72 Å². The Kier molecular flexibility index (Phi) is 4.25. The highest BCUT2D eigenvalue weighted by atomic mass is 16.5. The number of tetrazole rings is 1. The van der Waals surface area contributed by atoms with Crippen LogP contribution < -0.4 is 4.74 Å². The summed E-state index contributed by atoms with van der Waals surface area (Å²) >= 11 is 0. The molecule has 7 heteroatoms. The van der Waals surface area contributed by atoms with Crippen molar-refractivity contribution in [3.8, 4) is 28.5 Å². The summed E-state index contributed by atoms with van der Waals surface area (Å²) in [5.41, 5.74) is 6.06. The standard InChI is InChI=1S/C22H18N6O/c1-29-16-10-11-17-18(21(24-20(17)13-16)14-6-3-2-4-7-14)12-15-8-5-9-19(23-15)22-25-27-28-26-22/h2-11,13,24H,12H2,1H3,(H,25,26,27,28). The highest BCUT2D eigenvalue weighted by Gasteiger charge is 2.15. The average molecular weight is 382 g/mol. The molecule has 7 nitrogen and oxygen atoms in total. The molecule has 0 spiro atoms. The van der Waals surface area contributed by atoms with Crippen molar-refractivity contribution in [3.05, 3.63) is 78.0 Å². The maximum atomic E-state index is 5.40. The SMILES string of the molecule is COc1ccc2c(Cc3cccc(-c4nn[nH]n4)n3)c(-c3ccccc3)[nH]c2c1. The van der Waals surface area contributed by atoms with Gasteiger partial charge < -0.3 is 9.72 Å². The Hall–Kier alpha value is -4.00. The number of rotatable bonds is 5. The van der Waals surface area contributed by atoms with E-state index in [0.29, 0.717) is 17.9 Å². The molecule has 0 atom stereocenters. The Bertz CT molecular complexity index is 1260. The van der Waals surface area contributed by atoms with Gasteiger partial charge in [0.1, 0.15) is 11.4 Å². The van der Waals surface area contributed by atoms with Crippen LogP contribution in [-0.2, 0) is 6.42 Å². The van der Waals surface area contributed by atoms with Gasteiger partial charge in [-0.1, -0.05) is 36.4 Å². The lowest BCUT2D eigenvalue weighted by Gasteiger charge is -2.06. The number of H-pyrrole nitrogens is 2. The minimum atomic E-state index is 0.485. The van der Waals surface area contributed by atoms with Crippen molar-refractivity contribution in [1.82, 2.24) is 30.6 Å². The summed E-state index contributed by atoms with van der Waals surface area (Å²) in [5, 5.41) is 15.3. The number of nitrogens with zero attached hydrogens (tertiary/aromatic N) is 4. The van der Waals surface area contributed by atoms with Gasteiger partial charge in [-0.25, -0.2) is 4.98 Å². The number of methoxy groups -OCH3 is 1. The molecule has 0 saturated carbocycles. The van der Waals surface area contributed by atoms with Crippen LogP contribution in [0.4, 0.5) is 0 Å². The van der Waals surface area contributed by atoms with Crippen molar-refractivity contribution in [2.75, 3.05) is 7.11 Å². The Labute approximate surface area is 166 Å². The van der Waals surface area contributed by atoms with E-state index in [1.54, 1.807) is 7.11 Å². The third-order valence-electron chi connectivity index (χ3n) is 4.91. The van der Waals surface area contributed by atoms with Crippen molar-refractivity contribution in [2.24, 2.45) is 0 Å². The Morgan fingerprint density at radius 2 is 1.86 bits per heavy atom. The lowest BCUT2D eigenvalue weighted by atomic mass is 10.0. The topological polar surface area (TPSA) is 92.4 Å². The third kappa shape index (κ3) is 3.23. The van der Waals surface area contributed by atoms with Crippen LogP contribution in [0.25, 0.3) is 33.7 Å². The molecule has 0 fully saturated rings. The molecule has 3 heterocycles. The number of nitrogens with one attached hydrogen (secondary N) is 2. The summed E-state index contributed by atoms with van der Waals surface area (Å²) in [5.74, 6) is 1.31. The first-order valence-electron chi connectivity index (χ1n) is 9.25. The minimum Gasteiger partial charge on any atom is -0.497 e. The maximum Gasteiger partial charge on any atom is 0.222 e. The van der Waals surface area contributed by atoms with E-state index < -0.39 is 0 Å². The second-order valence-corrected chi connectivity index (χ2v) is 6.68. The van der Waals surface area contributed by atoms with E-state index in [2.05, 4.69) is 43.8 Å². The van der Waals surface area contributed by atoms with Crippen LogP contribution in [0.5, 0.6) is 5.75 Å². The lowest BCUT2D eigenvalue weighted by Crippen LogP contribution is -1.96. The summed E-state index contributed by atoms with van der Waals surface area (Å²) in [4.78, 5) is 8.31. The highest BCUT2D eigenvalue weighted by Crippen LogP contribution is 2.33. The van der Waals surface area contributed by atoms with Gasteiger partial charge in [-0.15, -0.1) is 10.2 Å². The fourth-order valence-corrected chi connectivity index (χ4v) is 3.55. The summed E-state index contributed by atoms with van der Waals surface area (Å²) in [6, 6.07) is 22.3. The first-order valence-corrected chi connectivity index (χ1v) is 9.25. The molecule has 0 bridgehead atoms. The molecule has 2 N–H and O–H groups in total. The molecule has 0 amide bonds. The molecule has 0 unspecified atom stereocenters. The summed E-state index contributed by atoms with van der Waals surface area (Å²) in [6.45, 7) is 0. The zero-order chi connectivity index (χ0) is 19.6. The smallest absolute Gasteiger partial charge is 0.222 e. The fourth-order valence-electron chi connectivity index (χ4n) is 3.55. The molecule has 142 valence electrons. The molecular formula is C22H18N6O. The average Bonchev–Trinajstić information content (AvgIpc) is 3.43. The second kappa shape index (κ2) is 7.20. The molecule has 0 radical (unpaired) electrons. The van der Waals surface area contributed by atoms with E-state index in [0.717, 1.165) is 33.6 Å². The number of pyridine rings is 1. The molecule has 0 aliphatic carbocycles. The molecule has 5 rings (SSSR count). The quantitative estimate of drug-likeness (QED) is 0.479. The molecule has 29 heavy (non-hydrogen) atoms. The van der Waals surface area contributed by atoms with Crippen molar-refractivity contribution in [2.45, 2.75) is 6.42 Å². The van der Waals surface area contributed by atoms with Crippen LogP contribution in [-0.4, -0.2) is 37.7 Å². The summed E-state index contributed by atoms with van der Waals surface area (Å²) in [6.07, 6.45) is 0.669. The van der Waals surface area contributed by atoms with Crippen molar-refractivity contribution >= 4 is 10.9 Å². The van der Waals surface area contributed by atoms with Gasteiger partial charge in [-0.05, 0) is 40.6 Å². The van der Waals surface area contributed by atoms with Crippen LogP contribution >= 0.6 is 0 Å². The zero-order valence-corrected chi connectivity index (χ0v) is 15.8. The molecule has 5 aromatic rings. The van der Waals surface area contributed by atoms with Gasteiger partial charge in [-0.2, -0.15) is 5.21 Å². The normalized spacial score (nSPS) is 11.1. The lowest BCUT2D eigenvalue weighted by molar-refractivity contribution is 0.415. The number of aromatic amines is 2. The number of hydrogen-bond acceptors (Lipinski definition) is 5. The van der Waals surface area contributed by atoms with Gasteiger partial charge in [0.05, 0.1) is 12.8 Å². The van der Waals surface area contributed by atoms with Gasteiger partial charge in [0, 0.05) is 29.1 Å². The molecule has 0 aliphatic heterocycles. The van der Waals surface area contributed by atoms with Crippen molar-refractivity contribution in [3.63, 3.8) is 0 Å². The number of aromatic nitrogens is 6.